The molecule has 0 saturated carbocycles. The monoisotopic (exact) mass is 383 g/mol. The molecule has 6 nitrogen and oxygen atoms in total. The second-order valence-electron chi connectivity index (χ2n) is 7.40. The number of pyridine rings is 1. The van der Waals surface area contributed by atoms with Crippen molar-refractivity contribution in [3.63, 3.8) is 0 Å². The zero-order valence-corrected chi connectivity index (χ0v) is 15.9. The SMILES string of the molecule is CN1CC[C@@]2(CC[C@H](c3cc(-c4cccc5[nH]ncc45)ccn3)N2)C1=O.Cl. The van der Waals surface area contributed by atoms with E-state index >= 15 is 0 Å². The summed E-state index contributed by atoms with van der Waals surface area (Å²) in [6.07, 6.45) is 6.42. The lowest BCUT2D eigenvalue weighted by molar-refractivity contribution is -0.131. The summed E-state index contributed by atoms with van der Waals surface area (Å²) in [6, 6.07) is 10.5. The van der Waals surface area contributed by atoms with Crippen molar-refractivity contribution in [1.82, 2.24) is 25.4 Å². The molecule has 2 aliphatic rings. The summed E-state index contributed by atoms with van der Waals surface area (Å²) < 4.78 is 0. The van der Waals surface area contributed by atoms with E-state index in [4.69, 9.17) is 0 Å². The zero-order chi connectivity index (χ0) is 17.7. The summed E-state index contributed by atoms with van der Waals surface area (Å²) >= 11 is 0. The lowest BCUT2D eigenvalue weighted by Gasteiger charge is -2.23. The Kier molecular flexibility index (Phi) is 4.40. The first-order valence-corrected chi connectivity index (χ1v) is 9.08. The fourth-order valence-electron chi connectivity index (χ4n) is 4.41. The Bertz CT molecular complexity index is 1000. The number of H-pyrrole nitrogens is 1. The number of rotatable bonds is 2. The van der Waals surface area contributed by atoms with Crippen LogP contribution in [0.15, 0.2) is 42.7 Å². The number of carbonyl (C=O) groups is 1. The van der Waals surface area contributed by atoms with Crippen LogP contribution in [0.3, 0.4) is 0 Å². The Labute approximate surface area is 163 Å². The maximum absolute atomic E-state index is 12.5. The average molecular weight is 384 g/mol. The number of benzene rings is 1. The van der Waals surface area contributed by atoms with Crippen LogP contribution in [-0.2, 0) is 4.79 Å². The highest BCUT2D eigenvalue weighted by molar-refractivity contribution is 5.94. The largest absolute Gasteiger partial charge is 0.344 e. The number of aromatic amines is 1. The lowest BCUT2D eigenvalue weighted by atomic mass is 9.96. The van der Waals surface area contributed by atoms with Crippen molar-refractivity contribution in [3.05, 3.63) is 48.4 Å². The Balaban J connectivity index is 0.00000180. The van der Waals surface area contributed by atoms with Crippen LogP contribution in [0.2, 0.25) is 0 Å². The molecule has 2 saturated heterocycles. The van der Waals surface area contributed by atoms with Gasteiger partial charge in [-0.05, 0) is 48.6 Å². The quantitative estimate of drug-likeness (QED) is 0.713. The third kappa shape index (κ3) is 2.80. The highest BCUT2D eigenvalue weighted by atomic mass is 35.5. The molecule has 0 aliphatic carbocycles. The molecule has 2 aliphatic heterocycles. The molecule has 1 spiro atoms. The Morgan fingerprint density at radius 3 is 2.96 bits per heavy atom. The first kappa shape index (κ1) is 17.9. The summed E-state index contributed by atoms with van der Waals surface area (Å²) in [5.41, 5.74) is 3.91. The van der Waals surface area contributed by atoms with Crippen LogP contribution in [0.25, 0.3) is 22.0 Å². The molecule has 1 amide bonds. The van der Waals surface area contributed by atoms with E-state index in [9.17, 15) is 4.79 Å². The molecule has 1 aromatic carbocycles. The molecule has 0 unspecified atom stereocenters. The molecule has 2 N–H and O–H groups in total. The molecule has 7 heteroatoms. The molecule has 27 heavy (non-hydrogen) atoms. The van der Waals surface area contributed by atoms with Crippen LogP contribution in [0, 0.1) is 0 Å². The van der Waals surface area contributed by atoms with Crippen molar-refractivity contribution in [2.75, 3.05) is 13.6 Å². The van der Waals surface area contributed by atoms with Crippen LogP contribution >= 0.6 is 12.4 Å². The maximum Gasteiger partial charge on any atom is 0.242 e. The molecular formula is C20H22ClN5O. The van der Waals surface area contributed by atoms with E-state index in [1.165, 1.54) is 0 Å². The van der Waals surface area contributed by atoms with Gasteiger partial charge < -0.3 is 4.90 Å². The van der Waals surface area contributed by atoms with E-state index < -0.39 is 0 Å². The molecule has 5 rings (SSSR count). The Morgan fingerprint density at radius 2 is 2.15 bits per heavy atom. The molecule has 2 atom stereocenters. The van der Waals surface area contributed by atoms with Gasteiger partial charge in [0.25, 0.3) is 0 Å². The highest BCUT2D eigenvalue weighted by Gasteiger charge is 2.50. The molecule has 2 fully saturated rings. The number of aromatic nitrogens is 3. The van der Waals surface area contributed by atoms with E-state index in [-0.39, 0.29) is 29.9 Å². The van der Waals surface area contributed by atoms with Gasteiger partial charge in [-0.3, -0.25) is 20.2 Å². The summed E-state index contributed by atoms with van der Waals surface area (Å²) in [5, 5.41) is 11.9. The first-order valence-electron chi connectivity index (χ1n) is 9.08. The lowest BCUT2D eigenvalue weighted by Crippen LogP contribution is -2.47. The molecule has 2 aromatic heterocycles. The van der Waals surface area contributed by atoms with Crippen molar-refractivity contribution in [1.29, 1.82) is 0 Å². The molecule has 0 bridgehead atoms. The maximum atomic E-state index is 12.5. The summed E-state index contributed by atoms with van der Waals surface area (Å²) in [6.45, 7) is 0.828. The van der Waals surface area contributed by atoms with Crippen molar-refractivity contribution < 1.29 is 4.79 Å². The van der Waals surface area contributed by atoms with E-state index in [0.29, 0.717) is 0 Å². The standard InChI is InChI=1S/C20H21N5O.ClH/c1-25-10-8-20(19(25)26)7-5-17(23-20)18-11-13(6-9-21-18)14-3-2-4-16-15(14)12-22-24-16;/h2-4,6,9,11-12,17,23H,5,7-8,10H2,1H3,(H,22,24);1H/t17-,20+;/m1./s1. The fraction of sp³-hybridized carbons (Fsp3) is 0.350. The zero-order valence-electron chi connectivity index (χ0n) is 15.1. The summed E-state index contributed by atoms with van der Waals surface area (Å²) in [7, 11) is 1.89. The van der Waals surface area contributed by atoms with E-state index in [1.54, 1.807) is 0 Å². The first-order chi connectivity index (χ1) is 12.7. The average Bonchev–Trinajstić information content (AvgIpc) is 3.38. The summed E-state index contributed by atoms with van der Waals surface area (Å²) in [4.78, 5) is 19.0. The van der Waals surface area contributed by atoms with Crippen molar-refractivity contribution in [3.8, 4) is 11.1 Å². The minimum Gasteiger partial charge on any atom is -0.344 e. The van der Waals surface area contributed by atoms with Crippen molar-refractivity contribution in [2.24, 2.45) is 0 Å². The second kappa shape index (κ2) is 6.62. The minimum atomic E-state index is -0.387. The van der Waals surface area contributed by atoms with Crippen molar-refractivity contribution >= 4 is 29.2 Å². The smallest absolute Gasteiger partial charge is 0.242 e. The number of amides is 1. The number of likely N-dealkylation sites (N-methyl/N-ethyl adjacent to an activating group) is 1. The number of likely N-dealkylation sites (tertiary alicyclic amines) is 1. The second-order valence-corrected chi connectivity index (χ2v) is 7.40. The van der Waals surface area contributed by atoms with Crippen LogP contribution < -0.4 is 5.32 Å². The van der Waals surface area contributed by atoms with Crippen molar-refractivity contribution in [2.45, 2.75) is 30.8 Å². The number of fused-ring (bicyclic) bond motifs is 1. The van der Waals surface area contributed by atoms with Gasteiger partial charge in [0.05, 0.1) is 23.4 Å². The van der Waals surface area contributed by atoms with Gasteiger partial charge in [0.1, 0.15) is 5.54 Å². The number of carbonyl (C=O) groups excluding carboxylic acids is 1. The molecule has 140 valence electrons. The van der Waals surface area contributed by atoms with Gasteiger partial charge in [0, 0.05) is 25.2 Å². The van der Waals surface area contributed by atoms with Crippen LogP contribution in [-0.4, -0.2) is 45.1 Å². The van der Waals surface area contributed by atoms with Gasteiger partial charge in [-0.1, -0.05) is 12.1 Å². The number of nitrogens with zero attached hydrogens (tertiary/aromatic N) is 3. The topological polar surface area (TPSA) is 73.9 Å². The molecular weight excluding hydrogens is 362 g/mol. The Morgan fingerprint density at radius 1 is 1.26 bits per heavy atom. The van der Waals surface area contributed by atoms with Gasteiger partial charge in [0.2, 0.25) is 5.91 Å². The number of hydrogen-bond acceptors (Lipinski definition) is 4. The van der Waals surface area contributed by atoms with Crippen LogP contribution in [0.1, 0.15) is 31.0 Å². The predicted molar refractivity (Wildman–Crippen MR) is 107 cm³/mol. The fourth-order valence-corrected chi connectivity index (χ4v) is 4.41. The molecule has 4 heterocycles. The number of hydrogen-bond donors (Lipinski definition) is 2. The minimum absolute atomic E-state index is 0. The third-order valence-electron chi connectivity index (χ3n) is 5.87. The van der Waals surface area contributed by atoms with Gasteiger partial charge in [-0.25, -0.2) is 0 Å². The molecule has 0 radical (unpaired) electrons. The van der Waals surface area contributed by atoms with Gasteiger partial charge >= 0.3 is 0 Å². The van der Waals surface area contributed by atoms with Gasteiger partial charge in [-0.15, -0.1) is 12.4 Å². The predicted octanol–water partition coefficient (Wildman–Crippen LogP) is 3.07. The van der Waals surface area contributed by atoms with E-state index in [2.05, 4.69) is 32.6 Å². The van der Waals surface area contributed by atoms with Crippen LogP contribution in [0.5, 0.6) is 0 Å². The number of nitrogens with one attached hydrogen (secondary N) is 2. The third-order valence-corrected chi connectivity index (χ3v) is 5.87. The normalized spacial score (nSPS) is 24.7. The van der Waals surface area contributed by atoms with Gasteiger partial charge in [0.15, 0.2) is 0 Å². The number of halogens is 1. The van der Waals surface area contributed by atoms with E-state index in [0.717, 1.165) is 53.5 Å². The molecule has 3 aromatic rings. The Hall–Kier alpha value is -2.44. The van der Waals surface area contributed by atoms with E-state index in [1.807, 2.05) is 42.5 Å². The summed E-state index contributed by atoms with van der Waals surface area (Å²) in [5.74, 6) is 0.222. The van der Waals surface area contributed by atoms with Gasteiger partial charge in [-0.2, -0.15) is 5.10 Å². The van der Waals surface area contributed by atoms with Crippen LogP contribution in [0.4, 0.5) is 0 Å². The highest BCUT2D eigenvalue weighted by Crippen LogP contribution is 2.39.